The van der Waals surface area contributed by atoms with Crippen LogP contribution in [0, 0.1) is 0 Å². The smallest absolute Gasteiger partial charge is 0.416 e. The van der Waals surface area contributed by atoms with Gasteiger partial charge in [-0.25, -0.2) is 0 Å². The largest absolute Gasteiger partial charge is 0.481 e. The number of esters is 1. The summed E-state index contributed by atoms with van der Waals surface area (Å²) in [6, 6.07) is 0.498. The van der Waals surface area contributed by atoms with E-state index in [-0.39, 0.29) is 6.07 Å². The van der Waals surface area contributed by atoms with Crippen molar-refractivity contribution in [3.8, 4) is 0 Å². The molecule has 0 heterocycles. The third kappa shape index (κ3) is 4.86. The van der Waals surface area contributed by atoms with Crippen molar-refractivity contribution >= 4 is 11.9 Å². The standard InChI is InChI=1S/C13H10F6O4/c1-23-11(22)9(5-10(20)21)6-2-7(12(14,15)16)4-8(3-6)13(17,18)19/h2-4,9H,5H2,1H3,(H,20,21). The molecular formula is C13H10F6O4. The molecule has 0 amide bonds. The molecular weight excluding hydrogens is 334 g/mol. The van der Waals surface area contributed by atoms with E-state index in [9.17, 15) is 35.9 Å². The quantitative estimate of drug-likeness (QED) is 0.671. The summed E-state index contributed by atoms with van der Waals surface area (Å²) in [5.74, 6) is -4.62. The molecule has 1 N–H and O–H groups in total. The number of aliphatic carboxylic acids is 1. The van der Waals surface area contributed by atoms with E-state index in [1.54, 1.807) is 0 Å². The first-order valence-electron chi connectivity index (χ1n) is 5.95. The fraction of sp³-hybridized carbons (Fsp3) is 0.385. The summed E-state index contributed by atoms with van der Waals surface area (Å²) in [5.41, 5.74) is -4.01. The Morgan fingerprint density at radius 3 is 1.78 bits per heavy atom. The first kappa shape index (κ1) is 18.8. The van der Waals surface area contributed by atoms with Crippen LogP contribution in [-0.4, -0.2) is 24.2 Å². The molecule has 0 fully saturated rings. The number of alkyl halides is 6. The van der Waals surface area contributed by atoms with Crippen molar-refractivity contribution in [3.05, 3.63) is 34.9 Å². The molecule has 0 radical (unpaired) electrons. The van der Waals surface area contributed by atoms with Gasteiger partial charge in [-0.05, 0) is 23.8 Å². The zero-order valence-electron chi connectivity index (χ0n) is 11.5. The monoisotopic (exact) mass is 344 g/mol. The topological polar surface area (TPSA) is 63.6 Å². The van der Waals surface area contributed by atoms with Gasteiger partial charge in [-0.2, -0.15) is 26.3 Å². The van der Waals surface area contributed by atoms with E-state index >= 15 is 0 Å². The van der Waals surface area contributed by atoms with E-state index in [0.29, 0.717) is 12.1 Å². The first-order chi connectivity index (χ1) is 10.4. The van der Waals surface area contributed by atoms with Crippen LogP contribution < -0.4 is 0 Å². The van der Waals surface area contributed by atoms with Crippen molar-refractivity contribution in [2.24, 2.45) is 0 Å². The fourth-order valence-corrected chi connectivity index (χ4v) is 1.83. The lowest BCUT2D eigenvalue weighted by Crippen LogP contribution is -2.20. The van der Waals surface area contributed by atoms with Crippen LogP contribution in [0.4, 0.5) is 26.3 Å². The van der Waals surface area contributed by atoms with Gasteiger partial charge in [0, 0.05) is 0 Å². The zero-order valence-corrected chi connectivity index (χ0v) is 11.5. The maximum Gasteiger partial charge on any atom is 0.416 e. The van der Waals surface area contributed by atoms with Crippen LogP contribution in [0.3, 0.4) is 0 Å². The molecule has 0 aliphatic rings. The molecule has 0 saturated carbocycles. The molecule has 1 aromatic rings. The highest BCUT2D eigenvalue weighted by Gasteiger charge is 2.38. The predicted octanol–water partition coefficient (Wildman–Crippen LogP) is 3.46. The zero-order chi connectivity index (χ0) is 18.0. The number of rotatable bonds is 4. The van der Waals surface area contributed by atoms with Gasteiger partial charge in [0.1, 0.15) is 0 Å². The van der Waals surface area contributed by atoms with Crippen molar-refractivity contribution in [1.29, 1.82) is 0 Å². The predicted molar refractivity (Wildman–Crippen MR) is 63.5 cm³/mol. The summed E-state index contributed by atoms with van der Waals surface area (Å²) < 4.78 is 80.7. The lowest BCUT2D eigenvalue weighted by atomic mass is 9.92. The summed E-state index contributed by atoms with van der Waals surface area (Å²) in [4.78, 5) is 22.2. The first-order valence-corrected chi connectivity index (χ1v) is 5.95. The number of carboxylic acid groups (broad SMARTS) is 1. The van der Waals surface area contributed by atoms with Gasteiger partial charge in [-0.15, -0.1) is 0 Å². The van der Waals surface area contributed by atoms with E-state index in [4.69, 9.17) is 5.11 Å². The van der Waals surface area contributed by atoms with Crippen molar-refractivity contribution in [1.82, 2.24) is 0 Å². The number of methoxy groups -OCH3 is 1. The number of hydrogen-bond donors (Lipinski definition) is 1. The SMILES string of the molecule is COC(=O)C(CC(=O)O)c1cc(C(F)(F)F)cc(C(F)(F)F)c1. The molecule has 10 heteroatoms. The molecule has 0 aromatic heterocycles. The number of carbonyl (C=O) groups is 2. The molecule has 1 atom stereocenters. The molecule has 0 aliphatic carbocycles. The molecule has 0 bridgehead atoms. The Morgan fingerprint density at radius 1 is 1.04 bits per heavy atom. The van der Waals surface area contributed by atoms with E-state index < -0.39 is 53.3 Å². The minimum atomic E-state index is -5.10. The number of halogens is 6. The summed E-state index contributed by atoms with van der Waals surface area (Å²) in [6.45, 7) is 0. The number of carboxylic acids is 1. The summed E-state index contributed by atoms with van der Waals surface area (Å²) >= 11 is 0. The maximum absolute atomic E-state index is 12.7. The maximum atomic E-state index is 12.7. The van der Waals surface area contributed by atoms with E-state index in [1.807, 2.05) is 0 Å². The Morgan fingerprint density at radius 2 is 1.48 bits per heavy atom. The minimum Gasteiger partial charge on any atom is -0.481 e. The summed E-state index contributed by atoms with van der Waals surface area (Å²) in [5, 5.41) is 8.70. The van der Waals surface area contributed by atoms with Crippen molar-refractivity contribution in [2.45, 2.75) is 24.7 Å². The van der Waals surface area contributed by atoms with Crippen molar-refractivity contribution < 1.29 is 45.8 Å². The Bertz CT molecular complexity index is 573. The average Bonchev–Trinajstić information content (AvgIpc) is 2.41. The summed E-state index contributed by atoms with van der Waals surface area (Å²) in [6.07, 6.45) is -11.2. The van der Waals surface area contributed by atoms with Crippen LogP contribution in [-0.2, 0) is 26.7 Å². The van der Waals surface area contributed by atoms with Gasteiger partial charge in [0.2, 0.25) is 0 Å². The van der Waals surface area contributed by atoms with Crippen LogP contribution in [0.2, 0.25) is 0 Å². The van der Waals surface area contributed by atoms with E-state index in [0.717, 1.165) is 7.11 Å². The second-order valence-electron chi connectivity index (χ2n) is 4.51. The Balaban J connectivity index is 3.53. The van der Waals surface area contributed by atoms with Gasteiger partial charge in [-0.1, -0.05) is 0 Å². The molecule has 23 heavy (non-hydrogen) atoms. The Hall–Kier alpha value is -2.26. The third-order valence-corrected chi connectivity index (χ3v) is 2.88. The van der Waals surface area contributed by atoms with Crippen molar-refractivity contribution in [3.63, 3.8) is 0 Å². The van der Waals surface area contributed by atoms with Crippen LogP contribution >= 0.6 is 0 Å². The van der Waals surface area contributed by atoms with Gasteiger partial charge in [0.25, 0.3) is 0 Å². The second kappa shape index (κ2) is 6.47. The summed E-state index contributed by atoms with van der Waals surface area (Å²) in [7, 11) is 0.843. The third-order valence-electron chi connectivity index (χ3n) is 2.88. The van der Waals surface area contributed by atoms with Crippen molar-refractivity contribution in [2.75, 3.05) is 7.11 Å². The Kier molecular flexibility index (Phi) is 5.28. The molecule has 0 aliphatic heterocycles. The van der Waals surface area contributed by atoms with Gasteiger partial charge in [0.05, 0.1) is 30.6 Å². The number of carbonyl (C=O) groups excluding carboxylic acids is 1. The fourth-order valence-electron chi connectivity index (χ4n) is 1.83. The molecule has 1 unspecified atom stereocenters. The van der Waals surface area contributed by atoms with Crippen LogP contribution in [0.1, 0.15) is 29.0 Å². The second-order valence-corrected chi connectivity index (χ2v) is 4.51. The van der Waals surface area contributed by atoms with E-state index in [2.05, 4.69) is 4.74 Å². The molecule has 0 saturated heterocycles. The minimum absolute atomic E-state index is 0.112. The number of benzene rings is 1. The Labute approximate surface area is 125 Å². The highest BCUT2D eigenvalue weighted by molar-refractivity contribution is 5.83. The lowest BCUT2D eigenvalue weighted by Gasteiger charge is -2.18. The molecule has 1 rings (SSSR count). The van der Waals surface area contributed by atoms with Gasteiger partial charge in [-0.3, -0.25) is 9.59 Å². The number of hydrogen-bond acceptors (Lipinski definition) is 3. The van der Waals surface area contributed by atoms with E-state index in [1.165, 1.54) is 0 Å². The normalized spacial score (nSPS) is 13.5. The van der Waals surface area contributed by atoms with Crippen LogP contribution in [0.25, 0.3) is 0 Å². The highest BCUT2D eigenvalue weighted by atomic mass is 19.4. The molecule has 0 spiro atoms. The van der Waals surface area contributed by atoms with Crippen LogP contribution in [0.15, 0.2) is 18.2 Å². The lowest BCUT2D eigenvalue weighted by molar-refractivity contribution is -0.148. The van der Waals surface area contributed by atoms with Gasteiger partial charge < -0.3 is 9.84 Å². The molecule has 128 valence electrons. The average molecular weight is 344 g/mol. The van der Waals surface area contributed by atoms with Gasteiger partial charge in [0.15, 0.2) is 0 Å². The van der Waals surface area contributed by atoms with Crippen LogP contribution in [0.5, 0.6) is 0 Å². The number of ether oxygens (including phenoxy) is 1. The van der Waals surface area contributed by atoms with Gasteiger partial charge >= 0.3 is 24.3 Å². The molecule has 1 aromatic carbocycles. The molecule has 4 nitrogen and oxygen atoms in total. The highest BCUT2D eigenvalue weighted by Crippen LogP contribution is 2.38.